The molecule has 4 heteroatoms. The van der Waals surface area contributed by atoms with Gasteiger partial charge >= 0.3 is 5.97 Å². The van der Waals surface area contributed by atoms with Crippen molar-refractivity contribution in [2.24, 2.45) is 10.7 Å². The highest BCUT2D eigenvalue weighted by atomic mass is 16.4. The molecule has 2 aromatic carbocycles. The largest absolute Gasteiger partial charge is 0.478 e. The summed E-state index contributed by atoms with van der Waals surface area (Å²) in [6.07, 6.45) is 2.32. The maximum absolute atomic E-state index is 10.9. The molecule has 0 saturated carbocycles. The smallest absolute Gasteiger partial charge is 0.335 e. The first kappa shape index (κ1) is 18.2. The van der Waals surface area contributed by atoms with E-state index in [1.54, 1.807) is 12.1 Å². The predicted molar refractivity (Wildman–Crippen MR) is 106 cm³/mol. The van der Waals surface area contributed by atoms with E-state index in [0.717, 1.165) is 12.0 Å². The highest BCUT2D eigenvalue weighted by Crippen LogP contribution is 2.45. The molecule has 1 aliphatic rings. The number of fused-ring (bicyclic) bond motifs is 1. The molecular formula is C22H26N2O2. The molecule has 0 saturated heterocycles. The Balaban J connectivity index is 1.98. The van der Waals surface area contributed by atoms with E-state index in [2.05, 4.69) is 44.8 Å². The van der Waals surface area contributed by atoms with Crippen LogP contribution in [0.3, 0.4) is 0 Å². The quantitative estimate of drug-likeness (QED) is 0.618. The molecule has 0 amide bonds. The van der Waals surface area contributed by atoms with Crippen molar-refractivity contribution in [1.29, 1.82) is 0 Å². The summed E-state index contributed by atoms with van der Waals surface area (Å²) in [6, 6.07) is 12.8. The van der Waals surface area contributed by atoms with E-state index in [1.807, 2.05) is 6.07 Å². The zero-order valence-electron chi connectivity index (χ0n) is 15.8. The summed E-state index contributed by atoms with van der Waals surface area (Å²) in [5.74, 6) is -0.511. The second kappa shape index (κ2) is 6.27. The molecule has 0 bridgehead atoms. The first-order valence-corrected chi connectivity index (χ1v) is 8.93. The second-order valence-corrected chi connectivity index (χ2v) is 8.38. The maximum Gasteiger partial charge on any atom is 0.335 e. The van der Waals surface area contributed by atoms with Crippen molar-refractivity contribution in [3.8, 4) is 0 Å². The number of carbonyl (C=O) groups is 1. The number of hydrogen-bond acceptors (Lipinski definition) is 2. The van der Waals surface area contributed by atoms with Crippen LogP contribution in [0.1, 0.15) is 67.6 Å². The monoisotopic (exact) mass is 350 g/mol. The normalized spacial score (nSPS) is 18.2. The van der Waals surface area contributed by atoms with Gasteiger partial charge in [-0.3, -0.25) is 0 Å². The summed E-state index contributed by atoms with van der Waals surface area (Å²) in [4.78, 5) is 15.4. The van der Waals surface area contributed by atoms with Crippen molar-refractivity contribution in [2.75, 3.05) is 0 Å². The van der Waals surface area contributed by atoms with Crippen LogP contribution < -0.4 is 5.73 Å². The Labute approximate surface area is 154 Å². The Morgan fingerprint density at radius 1 is 0.923 bits per heavy atom. The second-order valence-electron chi connectivity index (χ2n) is 8.38. The van der Waals surface area contributed by atoms with Crippen molar-refractivity contribution in [2.45, 2.75) is 51.4 Å². The predicted octanol–water partition coefficient (Wildman–Crippen LogP) is 4.77. The first-order chi connectivity index (χ1) is 12.1. The van der Waals surface area contributed by atoms with Gasteiger partial charge in [-0.1, -0.05) is 39.8 Å². The SMILES string of the molecule is CC1(C)CCC(C)(C)c2cc(C(N)=Nc3ccc(C(=O)O)cc3)ccc21. The van der Waals surface area contributed by atoms with E-state index in [1.165, 1.54) is 29.7 Å². The lowest BCUT2D eigenvalue weighted by Crippen LogP contribution is -2.34. The lowest BCUT2D eigenvalue weighted by Gasteiger charge is -2.42. The number of benzene rings is 2. The van der Waals surface area contributed by atoms with Crippen molar-refractivity contribution in [1.82, 2.24) is 0 Å². The van der Waals surface area contributed by atoms with Crippen LogP contribution in [0.25, 0.3) is 0 Å². The van der Waals surface area contributed by atoms with E-state index in [0.29, 0.717) is 11.5 Å². The molecule has 0 aromatic heterocycles. The van der Waals surface area contributed by atoms with Gasteiger partial charge in [-0.2, -0.15) is 0 Å². The number of aliphatic imine (C=N–C) groups is 1. The van der Waals surface area contributed by atoms with Gasteiger partial charge in [-0.15, -0.1) is 0 Å². The van der Waals surface area contributed by atoms with E-state index in [-0.39, 0.29) is 16.4 Å². The molecule has 0 radical (unpaired) electrons. The fourth-order valence-electron chi connectivity index (χ4n) is 3.63. The molecule has 26 heavy (non-hydrogen) atoms. The Morgan fingerprint density at radius 2 is 1.46 bits per heavy atom. The van der Waals surface area contributed by atoms with Gasteiger partial charge in [0.15, 0.2) is 0 Å². The van der Waals surface area contributed by atoms with Gasteiger partial charge in [0.2, 0.25) is 0 Å². The third-order valence-corrected chi connectivity index (χ3v) is 5.51. The summed E-state index contributed by atoms with van der Waals surface area (Å²) in [5.41, 5.74) is 11.0. The summed E-state index contributed by atoms with van der Waals surface area (Å²) in [5, 5.41) is 8.98. The van der Waals surface area contributed by atoms with Crippen LogP contribution in [-0.2, 0) is 10.8 Å². The lowest BCUT2D eigenvalue weighted by molar-refractivity contribution is 0.0697. The number of nitrogens with two attached hydrogens (primary N) is 1. The molecule has 4 nitrogen and oxygen atoms in total. The molecule has 0 heterocycles. The first-order valence-electron chi connectivity index (χ1n) is 8.93. The van der Waals surface area contributed by atoms with Crippen LogP contribution in [0.4, 0.5) is 5.69 Å². The standard InChI is InChI=1S/C22H26N2O2/c1-21(2)11-12-22(3,4)18-13-15(7-10-17(18)21)19(23)24-16-8-5-14(6-9-16)20(25)26/h5-10,13H,11-12H2,1-4H3,(H2,23,24)(H,25,26). The van der Waals surface area contributed by atoms with E-state index in [4.69, 9.17) is 10.8 Å². The third kappa shape index (κ3) is 3.36. The van der Waals surface area contributed by atoms with Crippen LogP contribution in [0, 0.1) is 0 Å². The number of carboxylic acid groups (broad SMARTS) is 1. The van der Waals surface area contributed by atoms with Crippen LogP contribution in [0.2, 0.25) is 0 Å². The van der Waals surface area contributed by atoms with Crippen LogP contribution in [-0.4, -0.2) is 16.9 Å². The number of amidine groups is 1. The molecule has 0 aliphatic heterocycles. The third-order valence-electron chi connectivity index (χ3n) is 5.51. The Bertz CT molecular complexity index is 878. The van der Waals surface area contributed by atoms with Gasteiger partial charge in [0.25, 0.3) is 0 Å². The number of rotatable bonds is 3. The van der Waals surface area contributed by atoms with Gasteiger partial charge in [0.05, 0.1) is 11.3 Å². The van der Waals surface area contributed by atoms with Gasteiger partial charge in [-0.05, 0) is 65.1 Å². The fraction of sp³-hybridized carbons (Fsp3) is 0.364. The molecule has 0 spiro atoms. The average molecular weight is 350 g/mol. The topological polar surface area (TPSA) is 75.7 Å². The van der Waals surface area contributed by atoms with Crippen LogP contribution in [0.15, 0.2) is 47.5 Å². The molecule has 0 atom stereocenters. The number of aromatic carboxylic acids is 1. The minimum Gasteiger partial charge on any atom is -0.478 e. The Hall–Kier alpha value is -2.62. The lowest BCUT2D eigenvalue weighted by atomic mass is 9.63. The molecule has 3 rings (SSSR count). The summed E-state index contributed by atoms with van der Waals surface area (Å²) in [7, 11) is 0. The van der Waals surface area contributed by atoms with Gasteiger partial charge in [0, 0.05) is 5.56 Å². The average Bonchev–Trinajstić information content (AvgIpc) is 2.59. The molecule has 0 fully saturated rings. The van der Waals surface area contributed by atoms with Gasteiger partial charge in [0.1, 0.15) is 5.84 Å². The number of carboxylic acids is 1. The zero-order valence-corrected chi connectivity index (χ0v) is 15.8. The molecule has 1 aliphatic carbocycles. The van der Waals surface area contributed by atoms with Crippen molar-refractivity contribution in [3.05, 3.63) is 64.7 Å². The van der Waals surface area contributed by atoms with Gasteiger partial charge < -0.3 is 10.8 Å². The summed E-state index contributed by atoms with van der Waals surface area (Å²) in [6.45, 7) is 9.15. The van der Waals surface area contributed by atoms with Crippen molar-refractivity contribution >= 4 is 17.5 Å². The molecule has 2 aromatic rings. The molecular weight excluding hydrogens is 324 g/mol. The zero-order chi connectivity index (χ0) is 19.1. The van der Waals surface area contributed by atoms with E-state index in [9.17, 15) is 4.79 Å². The minimum absolute atomic E-state index is 0.115. The number of hydrogen-bond donors (Lipinski definition) is 2. The summed E-state index contributed by atoms with van der Waals surface area (Å²) >= 11 is 0. The highest BCUT2D eigenvalue weighted by Gasteiger charge is 2.37. The molecule has 136 valence electrons. The fourth-order valence-corrected chi connectivity index (χ4v) is 3.63. The van der Waals surface area contributed by atoms with Crippen molar-refractivity contribution < 1.29 is 9.90 Å². The van der Waals surface area contributed by atoms with E-state index < -0.39 is 5.97 Å². The van der Waals surface area contributed by atoms with Crippen LogP contribution in [0.5, 0.6) is 0 Å². The summed E-state index contributed by atoms with van der Waals surface area (Å²) < 4.78 is 0. The number of nitrogens with zero attached hydrogens (tertiary/aromatic N) is 1. The molecule has 3 N–H and O–H groups in total. The maximum atomic E-state index is 10.9. The highest BCUT2D eigenvalue weighted by molar-refractivity contribution is 5.99. The minimum atomic E-state index is -0.951. The Kier molecular flexibility index (Phi) is 4.39. The van der Waals surface area contributed by atoms with Crippen LogP contribution >= 0.6 is 0 Å². The molecule has 0 unspecified atom stereocenters. The Morgan fingerprint density at radius 3 is 2.04 bits per heavy atom. The van der Waals surface area contributed by atoms with Crippen molar-refractivity contribution in [3.63, 3.8) is 0 Å². The van der Waals surface area contributed by atoms with E-state index >= 15 is 0 Å². The van der Waals surface area contributed by atoms with Gasteiger partial charge in [-0.25, -0.2) is 9.79 Å².